The van der Waals surface area contributed by atoms with Gasteiger partial charge in [-0.2, -0.15) is 13.2 Å². The zero-order valence-corrected chi connectivity index (χ0v) is 13.3. The zero-order valence-electron chi connectivity index (χ0n) is 11.7. The molecule has 0 aliphatic rings. The van der Waals surface area contributed by atoms with Crippen LogP contribution < -0.4 is 5.32 Å². The Morgan fingerprint density at radius 1 is 1.38 bits per heavy atom. The highest BCUT2D eigenvalue weighted by atomic mass is 79.9. The number of aliphatic hydroxyl groups excluding tert-OH is 1. The monoisotopic (exact) mass is 367 g/mol. The summed E-state index contributed by atoms with van der Waals surface area (Å²) in [7, 11) is 0. The van der Waals surface area contributed by atoms with Crippen LogP contribution in [-0.2, 0) is 6.18 Å². The topological polar surface area (TPSA) is 49.3 Å². The van der Waals surface area contributed by atoms with Gasteiger partial charge in [-0.05, 0) is 30.5 Å². The molecule has 1 rings (SSSR count). The van der Waals surface area contributed by atoms with Crippen LogP contribution in [0.2, 0.25) is 0 Å². The molecule has 1 aromatic carbocycles. The molecule has 0 heterocycles. The van der Waals surface area contributed by atoms with Crippen molar-refractivity contribution in [3.63, 3.8) is 0 Å². The smallest absolute Gasteiger partial charge is 0.396 e. The van der Waals surface area contributed by atoms with Gasteiger partial charge < -0.3 is 10.4 Å². The molecule has 3 nitrogen and oxygen atoms in total. The molecule has 0 bridgehead atoms. The molecule has 0 saturated heterocycles. The first kappa shape index (κ1) is 18.0. The molecule has 118 valence electrons. The first-order chi connectivity index (χ1) is 9.66. The van der Waals surface area contributed by atoms with Crippen molar-refractivity contribution in [3.05, 3.63) is 33.8 Å². The molecule has 0 fully saturated rings. The summed E-state index contributed by atoms with van der Waals surface area (Å²) in [6.07, 6.45) is -4.32. The molecule has 0 aliphatic carbocycles. The Hall–Kier alpha value is -1.08. The molecule has 2 N–H and O–H groups in total. The molecular weight excluding hydrogens is 351 g/mol. The van der Waals surface area contributed by atoms with E-state index in [1.54, 1.807) is 0 Å². The van der Waals surface area contributed by atoms with Crippen molar-refractivity contribution in [1.29, 1.82) is 0 Å². The first-order valence-corrected chi connectivity index (χ1v) is 7.24. The summed E-state index contributed by atoms with van der Waals surface area (Å²) in [5.41, 5.74) is -1.41. The predicted octanol–water partition coefficient (Wildman–Crippen LogP) is 3.60. The molecular formula is C14H17BrF3NO2. The average molecular weight is 368 g/mol. The maximum Gasteiger partial charge on any atom is 0.417 e. The summed E-state index contributed by atoms with van der Waals surface area (Å²) in [4.78, 5) is 12.1. The fourth-order valence-electron chi connectivity index (χ4n) is 1.91. The standard InChI is InChI=1S/C14H17BrF3NO2/c1-8(2)12(5-6-20)19-13(21)10-4-3-9(15)7-11(10)14(16,17)18/h3-4,7-8,12,20H,5-6H2,1-2H3,(H,19,21). The minimum atomic E-state index is -4.61. The average Bonchev–Trinajstić information content (AvgIpc) is 2.36. The minimum absolute atomic E-state index is 0.00545. The van der Waals surface area contributed by atoms with Gasteiger partial charge in [-0.15, -0.1) is 0 Å². The Balaban J connectivity index is 3.07. The van der Waals surface area contributed by atoms with Gasteiger partial charge in [0.1, 0.15) is 0 Å². The van der Waals surface area contributed by atoms with Crippen molar-refractivity contribution in [2.45, 2.75) is 32.5 Å². The van der Waals surface area contributed by atoms with Gasteiger partial charge in [0.05, 0.1) is 11.1 Å². The number of nitrogens with one attached hydrogen (secondary N) is 1. The summed E-state index contributed by atoms with van der Waals surface area (Å²) < 4.78 is 39.2. The zero-order chi connectivity index (χ0) is 16.2. The number of halogens is 4. The fraction of sp³-hybridized carbons (Fsp3) is 0.500. The molecule has 0 aliphatic heterocycles. The van der Waals surface area contributed by atoms with Crippen LogP contribution in [0.1, 0.15) is 36.2 Å². The number of carbonyl (C=O) groups excluding carboxylic acids is 1. The van der Waals surface area contributed by atoms with E-state index in [-0.39, 0.29) is 23.0 Å². The predicted molar refractivity (Wildman–Crippen MR) is 76.9 cm³/mol. The summed E-state index contributed by atoms with van der Waals surface area (Å²) >= 11 is 2.97. The van der Waals surface area contributed by atoms with Crippen LogP contribution in [0.25, 0.3) is 0 Å². The number of alkyl halides is 3. The van der Waals surface area contributed by atoms with Crippen LogP contribution in [0, 0.1) is 5.92 Å². The van der Waals surface area contributed by atoms with Crippen LogP contribution >= 0.6 is 15.9 Å². The Morgan fingerprint density at radius 2 is 2.00 bits per heavy atom. The molecule has 0 radical (unpaired) electrons. The second kappa shape index (κ2) is 7.26. The van der Waals surface area contributed by atoms with Crippen LogP contribution in [-0.4, -0.2) is 23.7 Å². The van der Waals surface area contributed by atoms with Crippen LogP contribution in [0.3, 0.4) is 0 Å². The Bertz CT molecular complexity index is 503. The summed E-state index contributed by atoms with van der Waals surface area (Å²) in [6, 6.07) is 3.03. The number of aliphatic hydroxyl groups is 1. The van der Waals surface area contributed by atoms with Crippen LogP contribution in [0.5, 0.6) is 0 Å². The lowest BCUT2D eigenvalue weighted by Gasteiger charge is -2.22. The summed E-state index contributed by atoms with van der Waals surface area (Å²) in [5, 5.41) is 11.5. The van der Waals surface area contributed by atoms with Gasteiger partial charge in [-0.3, -0.25) is 4.79 Å². The largest absolute Gasteiger partial charge is 0.417 e. The molecule has 0 saturated carbocycles. The number of hydrogen-bond acceptors (Lipinski definition) is 2. The molecule has 1 unspecified atom stereocenters. The van der Waals surface area contributed by atoms with Gasteiger partial charge in [-0.25, -0.2) is 0 Å². The quantitative estimate of drug-likeness (QED) is 0.835. The number of rotatable bonds is 5. The Kier molecular flexibility index (Phi) is 6.22. The van der Waals surface area contributed by atoms with Crippen molar-refractivity contribution in [2.24, 2.45) is 5.92 Å². The van der Waals surface area contributed by atoms with Gasteiger partial charge in [0.2, 0.25) is 0 Å². The van der Waals surface area contributed by atoms with E-state index in [9.17, 15) is 18.0 Å². The molecule has 0 aromatic heterocycles. The third kappa shape index (κ3) is 5.00. The Morgan fingerprint density at radius 3 is 2.48 bits per heavy atom. The lowest BCUT2D eigenvalue weighted by molar-refractivity contribution is -0.138. The maximum absolute atomic E-state index is 13.0. The Labute approximate surface area is 129 Å². The second-order valence-electron chi connectivity index (χ2n) is 5.02. The van der Waals surface area contributed by atoms with E-state index in [0.29, 0.717) is 6.42 Å². The van der Waals surface area contributed by atoms with Crippen LogP contribution in [0.4, 0.5) is 13.2 Å². The van der Waals surface area contributed by atoms with Crippen molar-refractivity contribution >= 4 is 21.8 Å². The van der Waals surface area contributed by atoms with E-state index in [1.165, 1.54) is 6.07 Å². The van der Waals surface area contributed by atoms with E-state index in [0.717, 1.165) is 12.1 Å². The molecule has 21 heavy (non-hydrogen) atoms. The highest BCUT2D eigenvalue weighted by molar-refractivity contribution is 9.10. The second-order valence-corrected chi connectivity index (χ2v) is 5.94. The molecule has 7 heteroatoms. The third-order valence-corrected chi connectivity index (χ3v) is 3.59. The van der Waals surface area contributed by atoms with Crippen LogP contribution in [0.15, 0.2) is 22.7 Å². The maximum atomic E-state index is 13.0. The summed E-state index contributed by atoms with van der Waals surface area (Å²) in [6.45, 7) is 3.51. The number of amides is 1. The van der Waals surface area contributed by atoms with E-state index >= 15 is 0 Å². The van der Waals surface area contributed by atoms with Gasteiger partial charge in [0.25, 0.3) is 5.91 Å². The fourth-order valence-corrected chi connectivity index (χ4v) is 2.27. The van der Waals surface area contributed by atoms with E-state index in [2.05, 4.69) is 21.2 Å². The van der Waals surface area contributed by atoms with Crippen molar-refractivity contribution in [2.75, 3.05) is 6.61 Å². The molecule has 1 atom stereocenters. The molecule has 1 amide bonds. The highest BCUT2D eigenvalue weighted by Gasteiger charge is 2.35. The number of carbonyl (C=O) groups is 1. The SMILES string of the molecule is CC(C)C(CCO)NC(=O)c1ccc(Br)cc1C(F)(F)F. The molecule has 0 spiro atoms. The van der Waals surface area contributed by atoms with Gasteiger partial charge in [0, 0.05) is 17.1 Å². The van der Waals surface area contributed by atoms with Crippen molar-refractivity contribution < 1.29 is 23.1 Å². The van der Waals surface area contributed by atoms with Gasteiger partial charge in [0.15, 0.2) is 0 Å². The lowest BCUT2D eigenvalue weighted by atomic mass is 10.00. The highest BCUT2D eigenvalue weighted by Crippen LogP contribution is 2.34. The number of benzene rings is 1. The first-order valence-electron chi connectivity index (χ1n) is 6.45. The van der Waals surface area contributed by atoms with Gasteiger partial charge in [-0.1, -0.05) is 29.8 Å². The normalized spacial score (nSPS) is 13.3. The lowest BCUT2D eigenvalue weighted by Crippen LogP contribution is -2.39. The minimum Gasteiger partial charge on any atom is -0.396 e. The van der Waals surface area contributed by atoms with Crippen molar-refractivity contribution in [3.8, 4) is 0 Å². The molecule has 1 aromatic rings. The van der Waals surface area contributed by atoms with E-state index in [4.69, 9.17) is 5.11 Å². The number of hydrogen-bond donors (Lipinski definition) is 2. The van der Waals surface area contributed by atoms with E-state index in [1.807, 2.05) is 13.8 Å². The van der Waals surface area contributed by atoms with Crippen molar-refractivity contribution in [1.82, 2.24) is 5.32 Å². The van der Waals surface area contributed by atoms with Gasteiger partial charge >= 0.3 is 6.18 Å². The summed E-state index contributed by atoms with van der Waals surface area (Å²) in [5.74, 6) is -0.784. The third-order valence-electron chi connectivity index (χ3n) is 3.09. The van der Waals surface area contributed by atoms with E-state index < -0.39 is 23.2 Å².